The van der Waals surface area contributed by atoms with Crippen molar-refractivity contribution >= 4 is 34.4 Å². The van der Waals surface area contributed by atoms with Gasteiger partial charge in [-0.2, -0.15) is 19.6 Å². The predicted molar refractivity (Wildman–Crippen MR) is 135 cm³/mol. The van der Waals surface area contributed by atoms with E-state index >= 15 is 0 Å². The minimum absolute atomic E-state index is 0.621. The van der Waals surface area contributed by atoms with Crippen LogP contribution in [0.5, 0.6) is 0 Å². The SMILES string of the molecule is Cc1ccc(C2OOC(c3ccc(C=NCCNc4ccnc5cc(Cl)ccc45)cc3)OO2)cc1. The first-order chi connectivity index (χ1) is 17.2. The molecule has 8 heteroatoms. The lowest BCUT2D eigenvalue weighted by molar-refractivity contribution is -0.600. The van der Waals surface area contributed by atoms with Crippen LogP contribution in [0, 0.1) is 6.92 Å². The van der Waals surface area contributed by atoms with Crippen LogP contribution in [-0.4, -0.2) is 24.3 Å². The fraction of sp³-hybridized carbons (Fsp3) is 0.185. The normalized spacial score (nSPS) is 18.2. The van der Waals surface area contributed by atoms with Gasteiger partial charge in [-0.1, -0.05) is 65.7 Å². The Hall–Kier alpha value is -3.33. The third kappa shape index (κ3) is 5.85. The molecule has 1 N–H and O–H groups in total. The van der Waals surface area contributed by atoms with Crippen molar-refractivity contribution in [2.24, 2.45) is 4.99 Å². The average Bonchev–Trinajstić information content (AvgIpc) is 2.89. The second-order valence-electron chi connectivity index (χ2n) is 8.11. The molecule has 1 fully saturated rings. The molecule has 0 spiro atoms. The van der Waals surface area contributed by atoms with Crippen molar-refractivity contribution in [3.8, 4) is 0 Å². The highest BCUT2D eigenvalue weighted by molar-refractivity contribution is 6.31. The highest BCUT2D eigenvalue weighted by Crippen LogP contribution is 2.32. The molecule has 1 aromatic heterocycles. The summed E-state index contributed by atoms with van der Waals surface area (Å²) in [6.07, 6.45) is 2.11. The van der Waals surface area contributed by atoms with Gasteiger partial charge in [0, 0.05) is 46.2 Å². The number of anilines is 1. The average molecular weight is 490 g/mol. The lowest BCUT2D eigenvalue weighted by Crippen LogP contribution is -2.22. The van der Waals surface area contributed by atoms with Crippen molar-refractivity contribution in [2.75, 3.05) is 18.4 Å². The van der Waals surface area contributed by atoms with Crippen molar-refractivity contribution < 1.29 is 19.6 Å². The molecule has 5 rings (SSSR count). The van der Waals surface area contributed by atoms with Gasteiger partial charge in [-0.15, -0.1) is 0 Å². The maximum Gasteiger partial charge on any atom is 0.249 e. The number of hydrogen-bond donors (Lipinski definition) is 1. The van der Waals surface area contributed by atoms with E-state index < -0.39 is 12.6 Å². The van der Waals surface area contributed by atoms with E-state index in [0.717, 1.165) is 38.8 Å². The second kappa shape index (κ2) is 10.9. The molecule has 1 saturated heterocycles. The van der Waals surface area contributed by atoms with Gasteiger partial charge in [0.2, 0.25) is 12.6 Å². The van der Waals surface area contributed by atoms with Crippen LogP contribution in [0.2, 0.25) is 5.02 Å². The third-order valence-electron chi connectivity index (χ3n) is 5.52. The molecule has 3 aromatic carbocycles. The van der Waals surface area contributed by atoms with E-state index in [0.29, 0.717) is 18.1 Å². The van der Waals surface area contributed by atoms with Crippen LogP contribution in [-0.2, 0) is 19.6 Å². The second-order valence-corrected chi connectivity index (χ2v) is 8.54. The molecule has 0 radical (unpaired) electrons. The fourth-order valence-corrected chi connectivity index (χ4v) is 3.79. The summed E-state index contributed by atoms with van der Waals surface area (Å²) in [7, 11) is 0. The van der Waals surface area contributed by atoms with Gasteiger partial charge in [0.25, 0.3) is 0 Å². The summed E-state index contributed by atoms with van der Waals surface area (Å²) in [5.41, 5.74) is 5.57. The Morgan fingerprint density at radius 2 is 1.54 bits per heavy atom. The number of nitrogens with zero attached hydrogens (tertiary/aromatic N) is 2. The van der Waals surface area contributed by atoms with E-state index in [1.165, 1.54) is 0 Å². The Balaban J connectivity index is 1.10. The van der Waals surface area contributed by atoms with Crippen LogP contribution in [0.15, 0.2) is 84.0 Å². The van der Waals surface area contributed by atoms with Crippen LogP contribution < -0.4 is 5.32 Å². The molecule has 0 aliphatic carbocycles. The largest absolute Gasteiger partial charge is 0.383 e. The molecular formula is C27H24ClN3O4. The number of benzene rings is 3. The summed E-state index contributed by atoms with van der Waals surface area (Å²) in [4.78, 5) is 30.4. The highest BCUT2D eigenvalue weighted by atomic mass is 35.5. The van der Waals surface area contributed by atoms with E-state index in [-0.39, 0.29) is 0 Å². The summed E-state index contributed by atoms with van der Waals surface area (Å²) in [6.45, 7) is 3.33. The van der Waals surface area contributed by atoms with Gasteiger partial charge in [-0.3, -0.25) is 9.98 Å². The quantitative estimate of drug-likeness (QED) is 0.185. The number of aliphatic imine (C=N–C) groups is 1. The standard InChI is InChI=1S/C27H24ClN3O4/c1-18-2-6-20(7-3-18)26-32-34-27(35-33-26)21-8-4-19(5-9-21)17-29-14-15-31-24-12-13-30-25-16-22(28)10-11-23(24)25/h2-13,16-17,26-27H,14-15H2,1H3,(H,30,31). The minimum Gasteiger partial charge on any atom is -0.383 e. The number of aromatic nitrogens is 1. The topological polar surface area (TPSA) is 74.2 Å². The monoisotopic (exact) mass is 489 g/mol. The molecular weight excluding hydrogens is 466 g/mol. The molecule has 7 nitrogen and oxygen atoms in total. The van der Waals surface area contributed by atoms with Crippen molar-refractivity contribution in [3.63, 3.8) is 0 Å². The Morgan fingerprint density at radius 1 is 0.886 bits per heavy atom. The number of pyridine rings is 1. The molecule has 0 atom stereocenters. The van der Waals surface area contributed by atoms with Gasteiger partial charge >= 0.3 is 0 Å². The van der Waals surface area contributed by atoms with E-state index in [4.69, 9.17) is 31.2 Å². The Kier molecular flexibility index (Phi) is 7.32. The van der Waals surface area contributed by atoms with E-state index in [1.807, 2.05) is 85.9 Å². The van der Waals surface area contributed by atoms with Crippen molar-refractivity contribution in [1.82, 2.24) is 4.98 Å². The Morgan fingerprint density at radius 3 is 2.23 bits per heavy atom. The molecule has 178 valence electrons. The van der Waals surface area contributed by atoms with Crippen LogP contribution in [0.1, 0.15) is 34.8 Å². The summed E-state index contributed by atoms with van der Waals surface area (Å²) in [5, 5.41) is 5.11. The lowest BCUT2D eigenvalue weighted by Gasteiger charge is -2.27. The van der Waals surface area contributed by atoms with Gasteiger partial charge < -0.3 is 5.32 Å². The van der Waals surface area contributed by atoms with Crippen LogP contribution in [0.3, 0.4) is 0 Å². The number of halogens is 1. The van der Waals surface area contributed by atoms with Gasteiger partial charge in [0.1, 0.15) is 0 Å². The maximum absolute atomic E-state index is 6.06. The molecule has 1 aliphatic heterocycles. The molecule has 0 bridgehead atoms. The fourth-order valence-electron chi connectivity index (χ4n) is 3.62. The number of rotatable bonds is 7. The number of nitrogens with one attached hydrogen (secondary N) is 1. The lowest BCUT2D eigenvalue weighted by atomic mass is 10.1. The summed E-state index contributed by atoms with van der Waals surface area (Å²) < 4.78 is 0. The molecule has 0 amide bonds. The maximum atomic E-state index is 6.06. The van der Waals surface area contributed by atoms with E-state index in [1.54, 1.807) is 6.20 Å². The van der Waals surface area contributed by atoms with Crippen molar-refractivity contribution in [1.29, 1.82) is 0 Å². The molecule has 0 saturated carbocycles. The van der Waals surface area contributed by atoms with Gasteiger partial charge in [-0.25, -0.2) is 0 Å². The number of aryl methyl sites for hydroxylation is 1. The zero-order valence-electron chi connectivity index (χ0n) is 19.1. The summed E-state index contributed by atoms with van der Waals surface area (Å²) in [5.74, 6) is 0. The van der Waals surface area contributed by atoms with E-state index in [9.17, 15) is 0 Å². The van der Waals surface area contributed by atoms with Crippen molar-refractivity contribution in [3.05, 3.63) is 106 Å². The molecule has 2 heterocycles. The molecule has 0 unspecified atom stereocenters. The number of fused-ring (bicyclic) bond motifs is 1. The zero-order chi connectivity index (χ0) is 24.0. The minimum atomic E-state index is -0.767. The molecule has 35 heavy (non-hydrogen) atoms. The first-order valence-electron chi connectivity index (χ1n) is 11.2. The smallest absolute Gasteiger partial charge is 0.249 e. The summed E-state index contributed by atoms with van der Waals surface area (Å²) >= 11 is 6.06. The van der Waals surface area contributed by atoms with E-state index in [2.05, 4.69) is 15.3 Å². The van der Waals surface area contributed by atoms with Crippen LogP contribution in [0.4, 0.5) is 5.69 Å². The first-order valence-corrected chi connectivity index (χ1v) is 11.6. The highest BCUT2D eigenvalue weighted by Gasteiger charge is 2.28. The molecule has 1 aliphatic rings. The van der Waals surface area contributed by atoms with Gasteiger partial charge in [0.15, 0.2) is 0 Å². The summed E-state index contributed by atoms with van der Waals surface area (Å²) in [6, 6.07) is 23.0. The Bertz CT molecular complexity index is 1300. The van der Waals surface area contributed by atoms with Crippen molar-refractivity contribution in [2.45, 2.75) is 19.5 Å². The van der Waals surface area contributed by atoms with Gasteiger partial charge in [0.05, 0.1) is 12.1 Å². The third-order valence-corrected chi connectivity index (χ3v) is 5.76. The Labute approximate surface area is 208 Å². The zero-order valence-corrected chi connectivity index (χ0v) is 19.8. The molecule has 4 aromatic rings. The van der Waals surface area contributed by atoms with Crippen LogP contribution in [0.25, 0.3) is 10.9 Å². The van der Waals surface area contributed by atoms with Crippen LogP contribution >= 0.6 is 11.6 Å². The number of hydrogen-bond acceptors (Lipinski definition) is 7. The predicted octanol–water partition coefficient (Wildman–Crippen LogP) is 6.34. The first kappa shape index (κ1) is 23.4. The van der Waals surface area contributed by atoms with Gasteiger partial charge in [-0.05, 0) is 36.8 Å².